The lowest BCUT2D eigenvalue weighted by Gasteiger charge is -2.52. The minimum Gasteiger partial charge on any atom is -0.489 e. The molecule has 0 aromatic heterocycles. The second-order valence-electron chi connectivity index (χ2n) is 11.8. The second kappa shape index (κ2) is 12.3. The molecule has 2 saturated heterocycles. The van der Waals surface area contributed by atoms with Crippen LogP contribution in [0.4, 0.5) is 0 Å². The summed E-state index contributed by atoms with van der Waals surface area (Å²) in [4.78, 5) is 31.8. The number of nitrogens with zero attached hydrogens (tertiary/aromatic N) is 2. The SMILES string of the molecule is Cc1ccc(CN2C(=O)C(CC(C)C)NC(=O)C23CCN(Cc2ccc(OCc4ccccc4)cc2)CC3)cc1. The van der Waals surface area contributed by atoms with Gasteiger partial charge in [-0.15, -0.1) is 0 Å². The summed E-state index contributed by atoms with van der Waals surface area (Å²) < 4.78 is 5.94. The van der Waals surface area contributed by atoms with Gasteiger partial charge in [0.05, 0.1) is 0 Å². The zero-order chi connectivity index (χ0) is 28.1. The van der Waals surface area contributed by atoms with Crippen molar-refractivity contribution in [3.05, 3.63) is 101 Å². The van der Waals surface area contributed by atoms with E-state index in [9.17, 15) is 9.59 Å². The molecular formula is C34H41N3O3. The summed E-state index contributed by atoms with van der Waals surface area (Å²) in [6.45, 7) is 9.57. The fourth-order valence-corrected chi connectivity index (χ4v) is 5.88. The van der Waals surface area contributed by atoms with Crippen molar-refractivity contribution in [3.63, 3.8) is 0 Å². The number of piperidine rings is 1. The molecule has 0 aliphatic carbocycles. The van der Waals surface area contributed by atoms with Gasteiger partial charge in [-0.05, 0) is 60.9 Å². The standard InChI is InChI=1S/C34H41N3O3/c1-25(2)21-31-32(38)37(23-28-11-9-26(3)10-12-28)34(33(39)35-31)17-19-36(20-18-34)22-27-13-15-30(16-14-27)40-24-29-7-5-4-6-8-29/h4-16,25,31H,17-24H2,1-3H3,(H,35,39). The van der Waals surface area contributed by atoms with Crippen molar-refractivity contribution >= 4 is 11.8 Å². The van der Waals surface area contributed by atoms with E-state index in [-0.39, 0.29) is 11.8 Å². The molecule has 6 heteroatoms. The van der Waals surface area contributed by atoms with Crippen LogP contribution in [-0.2, 0) is 29.3 Å². The fourth-order valence-electron chi connectivity index (χ4n) is 5.88. The van der Waals surface area contributed by atoms with E-state index < -0.39 is 11.6 Å². The van der Waals surface area contributed by atoms with Gasteiger partial charge < -0.3 is 15.0 Å². The molecule has 2 amide bonds. The molecule has 1 spiro atoms. The van der Waals surface area contributed by atoms with E-state index in [1.54, 1.807) is 0 Å². The quantitative estimate of drug-likeness (QED) is 0.391. The van der Waals surface area contributed by atoms with Crippen LogP contribution in [0.2, 0.25) is 0 Å². The van der Waals surface area contributed by atoms with E-state index in [4.69, 9.17) is 4.74 Å². The Bertz CT molecular complexity index is 1280. The van der Waals surface area contributed by atoms with Gasteiger partial charge in [0, 0.05) is 26.2 Å². The molecular weight excluding hydrogens is 498 g/mol. The number of nitrogens with one attached hydrogen (secondary N) is 1. The van der Waals surface area contributed by atoms with Gasteiger partial charge in [-0.3, -0.25) is 14.5 Å². The zero-order valence-corrected chi connectivity index (χ0v) is 23.9. The highest BCUT2D eigenvalue weighted by molar-refractivity contribution is 6.00. The van der Waals surface area contributed by atoms with E-state index in [1.807, 2.05) is 35.2 Å². The van der Waals surface area contributed by atoms with Gasteiger partial charge in [-0.1, -0.05) is 86.1 Å². The number of hydrogen-bond acceptors (Lipinski definition) is 4. The molecule has 0 bridgehead atoms. The lowest BCUT2D eigenvalue weighted by Crippen LogP contribution is -2.72. The van der Waals surface area contributed by atoms with Gasteiger partial charge in [0.25, 0.3) is 0 Å². The lowest BCUT2D eigenvalue weighted by atomic mass is 9.80. The molecule has 5 rings (SSSR count). The number of hydrogen-bond donors (Lipinski definition) is 1. The predicted octanol–water partition coefficient (Wildman–Crippen LogP) is 5.48. The highest BCUT2D eigenvalue weighted by Crippen LogP contribution is 2.35. The van der Waals surface area contributed by atoms with Gasteiger partial charge in [-0.25, -0.2) is 0 Å². The summed E-state index contributed by atoms with van der Waals surface area (Å²) >= 11 is 0. The Morgan fingerprint density at radius 3 is 2.12 bits per heavy atom. The molecule has 2 fully saturated rings. The molecule has 6 nitrogen and oxygen atoms in total. The highest BCUT2D eigenvalue weighted by Gasteiger charge is 2.53. The first-order valence-electron chi connectivity index (χ1n) is 14.5. The van der Waals surface area contributed by atoms with Crippen LogP contribution in [0.25, 0.3) is 0 Å². The molecule has 2 aliphatic heterocycles. The molecule has 3 aromatic rings. The Balaban J connectivity index is 1.24. The van der Waals surface area contributed by atoms with Gasteiger partial charge in [0.2, 0.25) is 11.8 Å². The molecule has 0 radical (unpaired) electrons. The average Bonchev–Trinajstić information content (AvgIpc) is 2.96. The minimum atomic E-state index is -0.804. The van der Waals surface area contributed by atoms with Crippen molar-refractivity contribution in [2.24, 2.45) is 5.92 Å². The normalized spacial score (nSPS) is 19.2. The van der Waals surface area contributed by atoms with Crippen LogP contribution in [-0.4, -0.2) is 46.3 Å². The number of carbonyl (C=O) groups is 2. The number of ether oxygens (including phenoxy) is 1. The monoisotopic (exact) mass is 539 g/mol. The number of aryl methyl sites for hydroxylation is 1. The molecule has 3 aromatic carbocycles. The maximum absolute atomic E-state index is 13.8. The zero-order valence-electron chi connectivity index (χ0n) is 23.9. The topological polar surface area (TPSA) is 61.9 Å². The first kappa shape index (κ1) is 27.9. The Labute approximate surface area is 238 Å². The number of rotatable bonds is 9. The number of carbonyl (C=O) groups excluding carboxylic acids is 2. The van der Waals surface area contributed by atoms with Crippen LogP contribution in [0.3, 0.4) is 0 Å². The molecule has 2 aliphatic rings. The smallest absolute Gasteiger partial charge is 0.246 e. The van der Waals surface area contributed by atoms with Gasteiger partial charge in [0.15, 0.2) is 0 Å². The molecule has 1 unspecified atom stereocenters. The average molecular weight is 540 g/mol. The van der Waals surface area contributed by atoms with Crippen LogP contribution in [0.1, 0.15) is 55.4 Å². The van der Waals surface area contributed by atoms with Crippen molar-refractivity contribution in [1.82, 2.24) is 15.1 Å². The predicted molar refractivity (Wildman–Crippen MR) is 158 cm³/mol. The highest BCUT2D eigenvalue weighted by atomic mass is 16.5. The van der Waals surface area contributed by atoms with Crippen LogP contribution in [0, 0.1) is 12.8 Å². The van der Waals surface area contributed by atoms with E-state index in [2.05, 4.69) is 79.5 Å². The minimum absolute atomic E-state index is 0.00410. The number of likely N-dealkylation sites (tertiary alicyclic amines) is 1. The van der Waals surface area contributed by atoms with Crippen LogP contribution in [0.15, 0.2) is 78.9 Å². The van der Waals surface area contributed by atoms with Gasteiger partial charge in [-0.2, -0.15) is 0 Å². The van der Waals surface area contributed by atoms with Crippen molar-refractivity contribution in [1.29, 1.82) is 0 Å². The summed E-state index contributed by atoms with van der Waals surface area (Å²) in [5.74, 6) is 1.23. The Kier molecular flexibility index (Phi) is 8.55. The van der Waals surface area contributed by atoms with E-state index in [1.165, 1.54) is 11.1 Å². The van der Waals surface area contributed by atoms with E-state index in [0.717, 1.165) is 36.5 Å². The van der Waals surface area contributed by atoms with Crippen molar-refractivity contribution in [3.8, 4) is 5.75 Å². The molecule has 0 saturated carbocycles. The summed E-state index contributed by atoms with van der Waals surface area (Å²) in [6, 6.07) is 26.3. The van der Waals surface area contributed by atoms with Gasteiger partial charge in [0.1, 0.15) is 23.9 Å². The Hall–Kier alpha value is -3.64. The van der Waals surface area contributed by atoms with Crippen LogP contribution >= 0.6 is 0 Å². The van der Waals surface area contributed by atoms with Crippen molar-refractivity contribution in [2.45, 2.75) is 71.3 Å². The van der Waals surface area contributed by atoms with E-state index in [0.29, 0.717) is 38.3 Å². The maximum Gasteiger partial charge on any atom is 0.246 e. The van der Waals surface area contributed by atoms with Gasteiger partial charge >= 0.3 is 0 Å². The second-order valence-corrected chi connectivity index (χ2v) is 11.8. The largest absolute Gasteiger partial charge is 0.489 e. The maximum atomic E-state index is 13.8. The first-order chi connectivity index (χ1) is 19.3. The first-order valence-corrected chi connectivity index (χ1v) is 14.5. The fraction of sp³-hybridized carbons (Fsp3) is 0.412. The number of piperazine rings is 1. The van der Waals surface area contributed by atoms with Crippen molar-refractivity contribution < 1.29 is 14.3 Å². The molecule has 1 N–H and O–H groups in total. The summed E-state index contributed by atoms with van der Waals surface area (Å²) in [5, 5.41) is 3.11. The van der Waals surface area contributed by atoms with Crippen LogP contribution in [0.5, 0.6) is 5.75 Å². The third kappa shape index (κ3) is 6.39. The molecule has 1 atom stereocenters. The summed E-state index contributed by atoms with van der Waals surface area (Å²) in [5.41, 5.74) is 3.80. The molecule has 2 heterocycles. The summed E-state index contributed by atoms with van der Waals surface area (Å²) in [7, 11) is 0. The summed E-state index contributed by atoms with van der Waals surface area (Å²) in [6.07, 6.45) is 1.91. The van der Waals surface area contributed by atoms with E-state index >= 15 is 0 Å². The van der Waals surface area contributed by atoms with Crippen molar-refractivity contribution in [2.75, 3.05) is 13.1 Å². The third-order valence-electron chi connectivity index (χ3n) is 8.24. The molecule has 40 heavy (non-hydrogen) atoms. The third-order valence-corrected chi connectivity index (χ3v) is 8.24. The number of benzene rings is 3. The lowest BCUT2D eigenvalue weighted by molar-refractivity contribution is -0.162. The molecule has 210 valence electrons. The van der Waals surface area contributed by atoms with Crippen LogP contribution < -0.4 is 10.1 Å². The Morgan fingerprint density at radius 2 is 1.48 bits per heavy atom. The number of amides is 2. The Morgan fingerprint density at radius 1 is 0.850 bits per heavy atom.